The number of carboxylic acids is 2. The molecule has 7 nitrogen and oxygen atoms in total. The van der Waals surface area contributed by atoms with Crippen molar-refractivity contribution in [2.45, 2.75) is 13.8 Å². The highest BCUT2D eigenvalue weighted by atomic mass is 16.5. The van der Waals surface area contributed by atoms with Gasteiger partial charge in [0.15, 0.2) is 0 Å². The average Bonchev–Trinajstić information content (AvgIpc) is 2.27. The van der Waals surface area contributed by atoms with Crippen LogP contribution >= 0.6 is 0 Å². The topological polar surface area (TPSA) is 124 Å². The molecule has 0 aromatic heterocycles. The molecule has 0 bridgehead atoms. The number of aliphatic hydroxyl groups excluding tert-OH is 2. The fourth-order valence-electron chi connectivity index (χ4n) is 0.374. The molecule has 0 aromatic carbocycles. The number of carbonyl (C=O) groups is 2. The largest absolute Gasteiger partial charge is 0.478 e. The van der Waals surface area contributed by atoms with Crippen molar-refractivity contribution in [2.24, 2.45) is 0 Å². The van der Waals surface area contributed by atoms with E-state index in [-0.39, 0.29) is 13.2 Å². The molecule has 0 aliphatic rings. The van der Waals surface area contributed by atoms with Crippen molar-refractivity contribution in [3.05, 3.63) is 24.3 Å². The van der Waals surface area contributed by atoms with Crippen molar-refractivity contribution in [3.63, 3.8) is 0 Å². The summed E-state index contributed by atoms with van der Waals surface area (Å²) in [5.74, 6) is -2.51. The van der Waals surface area contributed by atoms with E-state index in [9.17, 15) is 9.59 Å². The molecular formula is C12H22O7. The number of rotatable bonds is 6. The molecule has 4 N–H and O–H groups in total. The van der Waals surface area contributed by atoms with E-state index in [2.05, 4.69) is 11.3 Å². The van der Waals surface area contributed by atoms with E-state index in [4.69, 9.17) is 20.4 Å². The fraction of sp³-hybridized carbons (Fsp3) is 0.500. The molecule has 0 saturated heterocycles. The van der Waals surface area contributed by atoms with Gasteiger partial charge in [-0.1, -0.05) is 5.57 Å². The van der Waals surface area contributed by atoms with Crippen molar-refractivity contribution >= 4 is 11.9 Å². The van der Waals surface area contributed by atoms with Crippen molar-refractivity contribution in [2.75, 3.05) is 26.4 Å². The Kier molecular flexibility index (Phi) is 22.1. The zero-order valence-electron chi connectivity index (χ0n) is 11.2. The van der Waals surface area contributed by atoms with Crippen LogP contribution in [-0.4, -0.2) is 58.8 Å². The first-order chi connectivity index (χ1) is 8.77. The number of aliphatic carboxylic acids is 2. The Labute approximate surface area is 112 Å². The second kappa shape index (κ2) is 18.7. The van der Waals surface area contributed by atoms with Gasteiger partial charge in [0, 0.05) is 12.2 Å². The first-order valence-electron chi connectivity index (χ1n) is 5.33. The zero-order chi connectivity index (χ0) is 15.7. The van der Waals surface area contributed by atoms with Crippen LogP contribution in [0.1, 0.15) is 13.8 Å². The Bertz CT molecular complexity index is 247. The minimum Gasteiger partial charge on any atom is -0.478 e. The summed E-state index contributed by atoms with van der Waals surface area (Å²) in [5.41, 5.74) is 1.17. The molecule has 0 amide bonds. The fourth-order valence-corrected chi connectivity index (χ4v) is 0.374. The maximum atomic E-state index is 9.55. The van der Waals surface area contributed by atoms with Gasteiger partial charge in [-0.2, -0.15) is 0 Å². The molecule has 0 heterocycles. The first kappa shape index (κ1) is 22.5. The Morgan fingerprint density at radius 1 is 1.00 bits per heavy atom. The number of allylic oxidation sites excluding steroid dienone is 1. The van der Waals surface area contributed by atoms with Gasteiger partial charge >= 0.3 is 11.9 Å². The summed E-state index contributed by atoms with van der Waals surface area (Å²) in [7, 11) is 0. The van der Waals surface area contributed by atoms with E-state index in [1.807, 2.05) is 13.8 Å². The van der Waals surface area contributed by atoms with Gasteiger partial charge in [-0.3, -0.25) is 0 Å². The van der Waals surface area contributed by atoms with E-state index in [1.54, 1.807) is 0 Å². The van der Waals surface area contributed by atoms with Gasteiger partial charge in [-0.05, 0) is 13.8 Å². The third-order valence-electron chi connectivity index (χ3n) is 0.840. The van der Waals surface area contributed by atoms with Gasteiger partial charge in [0.25, 0.3) is 0 Å². The van der Waals surface area contributed by atoms with Crippen molar-refractivity contribution in [1.82, 2.24) is 0 Å². The number of aliphatic hydroxyl groups is 2. The molecule has 0 saturated carbocycles. The van der Waals surface area contributed by atoms with Crippen LogP contribution in [0.5, 0.6) is 0 Å². The van der Waals surface area contributed by atoms with Gasteiger partial charge in [-0.25, -0.2) is 9.59 Å². The number of hydrogen-bond acceptors (Lipinski definition) is 5. The lowest BCUT2D eigenvalue weighted by atomic mass is 10.4. The van der Waals surface area contributed by atoms with E-state index in [0.29, 0.717) is 25.4 Å². The van der Waals surface area contributed by atoms with Gasteiger partial charge in [0.05, 0.1) is 26.4 Å². The van der Waals surface area contributed by atoms with Gasteiger partial charge in [0.2, 0.25) is 0 Å². The standard InChI is InChI=1S/C4H4O4.C4H10O3.C4H8/c5-3(6)1-2-4(7)8;5-1-3-7-4-2-6;1-4(2)3/h1-2H,(H,5,6)(H,7,8);5-6H,1-4H2;1H2,2-3H3/b2-1-;;. The van der Waals surface area contributed by atoms with Crippen molar-refractivity contribution in [3.8, 4) is 0 Å². The van der Waals surface area contributed by atoms with Crippen LogP contribution in [0.3, 0.4) is 0 Å². The Hall–Kier alpha value is -1.70. The van der Waals surface area contributed by atoms with E-state index >= 15 is 0 Å². The molecular weight excluding hydrogens is 256 g/mol. The van der Waals surface area contributed by atoms with Crippen LogP contribution in [-0.2, 0) is 14.3 Å². The molecule has 0 fully saturated rings. The molecule has 0 radical (unpaired) electrons. The van der Waals surface area contributed by atoms with Crippen LogP contribution in [0, 0.1) is 0 Å². The molecule has 0 aliphatic heterocycles. The minimum absolute atomic E-state index is 0.0278. The van der Waals surface area contributed by atoms with Crippen molar-refractivity contribution < 1.29 is 34.8 Å². The maximum Gasteiger partial charge on any atom is 0.328 e. The number of hydrogen-bond donors (Lipinski definition) is 4. The van der Waals surface area contributed by atoms with Gasteiger partial charge in [-0.15, -0.1) is 6.58 Å². The molecule has 7 heteroatoms. The highest BCUT2D eigenvalue weighted by Crippen LogP contribution is 1.73. The van der Waals surface area contributed by atoms with Crippen LogP contribution in [0.25, 0.3) is 0 Å². The Morgan fingerprint density at radius 3 is 1.42 bits per heavy atom. The lowest BCUT2D eigenvalue weighted by Gasteiger charge is -1.94. The molecule has 19 heavy (non-hydrogen) atoms. The highest BCUT2D eigenvalue weighted by molar-refractivity contribution is 5.89. The second-order valence-corrected chi connectivity index (χ2v) is 3.28. The third-order valence-corrected chi connectivity index (χ3v) is 0.840. The van der Waals surface area contributed by atoms with Crippen molar-refractivity contribution in [1.29, 1.82) is 0 Å². The quantitative estimate of drug-likeness (QED) is 0.312. The SMILES string of the molecule is C=C(C)C.O=C(O)/C=C\C(=O)O.OCCOCCO. The summed E-state index contributed by atoms with van der Waals surface area (Å²) in [4.78, 5) is 19.1. The van der Waals surface area contributed by atoms with Crippen LogP contribution in [0.2, 0.25) is 0 Å². The van der Waals surface area contributed by atoms with Gasteiger partial charge in [0.1, 0.15) is 0 Å². The molecule has 0 spiro atoms. The highest BCUT2D eigenvalue weighted by Gasteiger charge is 1.88. The zero-order valence-corrected chi connectivity index (χ0v) is 11.2. The molecule has 0 aliphatic carbocycles. The average molecular weight is 278 g/mol. The van der Waals surface area contributed by atoms with Crippen LogP contribution in [0.15, 0.2) is 24.3 Å². The van der Waals surface area contributed by atoms with E-state index in [0.717, 1.165) is 0 Å². The smallest absolute Gasteiger partial charge is 0.328 e. The van der Waals surface area contributed by atoms with Crippen LogP contribution < -0.4 is 0 Å². The monoisotopic (exact) mass is 278 g/mol. The molecule has 0 atom stereocenters. The second-order valence-electron chi connectivity index (χ2n) is 3.28. The summed E-state index contributed by atoms with van der Waals surface area (Å²) in [6.45, 7) is 8.20. The summed E-state index contributed by atoms with van der Waals surface area (Å²) < 4.78 is 4.63. The minimum atomic E-state index is -1.26. The number of carboxylic acid groups (broad SMARTS) is 2. The predicted octanol–water partition coefficient (Wildman–Crippen LogP) is 0.282. The Balaban J connectivity index is -0.000000214. The van der Waals surface area contributed by atoms with Gasteiger partial charge < -0.3 is 25.2 Å². The molecule has 0 aromatic rings. The first-order valence-corrected chi connectivity index (χ1v) is 5.33. The molecule has 0 rings (SSSR count). The summed E-state index contributed by atoms with van der Waals surface area (Å²) in [6, 6.07) is 0. The lowest BCUT2D eigenvalue weighted by Crippen LogP contribution is -2.03. The summed E-state index contributed by atoms with van der Waals surface area (Å²) in [5, 5.41) is 31.8. The number of ether oxygens (including phenoxy) is 1. The molecule has 112 valence electrons. The van der Waals surface area contributed by atoms with E-state index in [1.165, 1.54) is 5.57 Å². The van der Waals surface area contributed by atoms with Crippen LogP contribution in [0.4, 0.5) is 0 Å². The van der Waals surface area contributed by atoms with E-state index < -0.39 is 11.9 Å². The normalized spacial score (nSPS) is 8.84. The summed E-state index contributed by atoms with van der Waals surface area (Å²) in [6.07, 6.45) is 1.12. The Morgan fingerprint density at radius 2 is 1.26 bits per heavy atom. The third kappa shape index (κ3) is 62.5. The maximum absolute atomic E-state index is 9.55. The molecule has 0 unspecified atom stereocenters. The summed E-state index contributed by atoms with van der Waals surface area (Å²) >= 11 is 0. The lowest BCUT2D eigenvalue weighted by molar-refractivity contribution is -0.134. The predicted molar refractivity (Wildman–Crippen MR) is 69.9 cm³/mol.